The Morgan fingerprint density at radius 1 is 1.33 bits per heavy atom. The van der Waals surface area contributed by atoms with E-state index in [9.17, 15) is 9.59 Å². The maximum atomic E-state index is 10.2. The molecule has 3 N–H and O–H groups in total. The van der Waals surface area contributed by atoms with Gasteiger partial charge in [-0.15, -0.1) is 0 Å². The van der Waals surface area contributed by atoms with Crippen LogP contribution in [0.25, 0.3) is 0 Å². The number of amides is 2. The van der Waals surface area contributed by atoms with Crippen molar-refractivity contribution in [2.75, 3.05) is 20.1 Å². The summed E-state index contributed by atoms with van der Waals surface area (Å²) < 4.78 is 0. The van der Waals surface area contributed by atoms with Crippen LogP contribution in [0.3, 0.4) is 0 Å². The zero-order chi connectivity index (χ0) is 8.85. The van der Waals surface area contributed by atoms with Crippen LogP contribution in [-0.2, 0) is 0 Å². The summed E-state index contributed by atoms with van der Waals surface area (Å²) in [6.07, 6.45) is -2.90. The van der Waals surface area contributed by atoms with Crippen molar-refractivity contribution in [1.29, 1.82) is 0 Å². The number of carboxylic acid groups (broad SMARTS) is 2. The van der Waals surface area contributed by atoms with Crippen molar-refractivity contribution >= 4 is 41.7 Å². The molecule has 1 radical (unpaired) electrons. The van der Waals surface area contributed by atoms with Crippen molar-refractivity contribution in [3.63, 3.8) is 0 Å². The fraction of sp³-hybridized carbons (Fsp3) is 0.600. The molecule has 0 saturated heterocycles. The first kappa shape index (κ1) is 14.2. The second-order valence-electron chi connectivity index (χ2n) is 1.82. The maximum absolute atomic E-state index is 10.2. The number of nitrogens with one attached hydrogen (secondary N) is 1. The number of likely N-dealkylation sites (N-methyl/N-ethyl adjacent to an activating group) is 1. The Kier molecular flexibility index (Phi) is 8.73. The first-order valence-corrected chi connectivity index (χ1v) is 2.97. The minimum Gasteiger partial charge on any atom is -0.465 e. The van der Waals surface area contributed by atoms with E-state index in [2.05, 4.69) is 5.32 Å². The summed E-state index contributed by atoms with van der Waals surface area (Å²) in [5, 5.41) is 19.2. The SMILES string of the molecule is CNCCN(C(=O)O)C(=O)O.[Na]. The van der Waals surface area contributed by atoms with Gasteiger partial charge in [-0.2, -0.15) is 0 Å². The van der Waals surface area contributed by atoms with E-state index in [1.165, 1.54) is 0 Å². The van der Waals surface area contributed by atoms with Crippen LogP contribution < -0.4 is 5.32 Å². The van der Waals surface area contributed by atoms with Crippen LogP contribution in [0.4, 0.5) is 9.59 Å². The van der Waals surface area contributed by atoms with E-state index in [0.717, 1.165) is 0 Å². The topological polar surface area (TPSA) is 89.9 Å². The van der Waals surface area contributed by atoms with Gasteiger partial charge in [-0.3, -0.25) is 0 Å². The van der Waals surface area contributed by atoms with Gasteiger partial charge in [-0.1, -0.05) is 0 Å². The third-order valence-corrected chi connectivity index (χ3v) is 1.05. The molecule has 0 aliphatic heterocycles. The summed E-state index contributed by atoms with van der Waals surface area (Å²) in [5.74, 6) is 0. The molecule has 0 unspecified atom stereocenters. The van der Waals surface area contributed by atoms with Crippen LogP contribution in [0.5, 0.6) is 0 Å². The number of imide groups is 1. The monoisotopic (exact) mass is 185 g/mol. The fourth-order valence-electron chi connectivity index (χ4n) is 0.497. The predicted octanol–water partition coefficient (Wildman–Crippen LogP) is -0.517. The molecule has 6 nitrogen and oxygen atoms in total. The first-order valence-electron chi connectivity index (χ1n) is 2.97. The van der Waals surface area contributed by atoms with Crippen molar-refractivity contribution < 1.29 is 19.8 Å². The van der Waals surface area contributed by atoms with Crippen LogP contribution in [0.2, 0.25) is 0 Å². The molecule has 2 amide bonds. The maximum Gasteiger partial charge on any atom is 0.416 e. The molecule has 0 aromatic rings. The van der Waals surface area contributed by atoms with E-state index in [1.54, 1.807) is 7.05 Å². The average Bonchev–Trinajstić information content (AvgIpc) is 1.87. The van der Waals surface area contributed by atoms with Crippen molar-refractivity contribution in [3.8, 4) is 0 Å². The largest absolute Gasteiger partial charge is 0.465 e. The molecule has 12 heavy (non-hydrogen) atoms. The van der Waals surface area contributed by atoms with Gasteiger partial charge < -0.3 is 15.5 Å². The quantitative estimate of drug-likeness (QED) is 0.515. The molecule has 0 saturated carbocycles. The van der Waals surface area contributed by atoms with E-state index in [1.807, 2.05) is 0 Å². The molecule has 0 atom stereocenters. The third-order valence-electron chi connectivity index (χ3n) is 1.05. The summed E-state index contributed by atoms with van der Waals surface area (Å²) >= 11 is 0. The summed E-state index contributed by atoms with van der Waals surface area (Å²) in [7, 11) is 1.61. The van der Waals surface area contributed by atoms with Crippen LogP contribution in [0.15, 0.2) is 0 Å². The van der Waals surface area contributed by atoms with Gasteiger partial charge >= 0.3 is 12.2 Å². The van der Waals surface area contributed by atoms with Gasteiger partial charge in [0.05, 0.1) is 0 Å². The molecule has 0 spiro atoms. The van der Waals surface area contributed by atoms with Crippen LogP contribution in [0, 0.1) is 0 Å². The number of carbonyl (C=O) groups is 2. The smallest absolute Gasteiger partial charge is 0.416 e. The zero-order valence-electron chi connectivity index (χ0n) is 7.07. The zero-order valence-corrected chi connectivity index (χ0v) is 9.07. The van der Waals surface area contributed by atoms with E-state index in [0.29, 0.717) is 11.4 Å². The molecule has 0 fully saturated rings. The fourth-order valence-corrected chi connectivity index (χ4v) is 0.497. The minimum atomic E-state index is -1.45. The predicted molar refractivity (Wildman–Crippen MR) is 42.4 cm³/mol. The Morgan fingerprint density at radius 3 is 2.00 bits per heavy atom. The second kappa shape index (κ2) is 7.35. The Hall–Kier alpha value is -0.300. The van der Waals surface area contributed by atoms with Crippen LogP contribution >= 0.6 is 0 Å². The molecule has 0 bridgehead atoms. The Labute approximate surface area is 91.8 Å². The van der Waals surface area contributed by atoms with Crippen LogP contribution in [0.1, 0.15) is 0 Å². The van der Waals surface area contributed by atoms with Gasteiger partial charge in [0.1, 0.15) is 0 Å². The molecular formula is C5H10N2NaO4. The standard InChI is InChI=1S/C5H10N2O4.Na/c1-6-2-3-7(4(8)9)5(10)11;/h6H,2-3H2,1H3,(H,8,9)(H,10,11);. The Morgan fingerprint density at radius 2 is 1.75 bits per heavy atom. The molecule has 0 aliphatic carbocycles. The van der Waals surface area contributed by atoms with Gasteiger partial charge in [0, 0.05) is 42.6 Å². The van der Waals surface area contributed by atoms with Crippen molar-refractivity contribution in [2.45, 2.75) is 0 Å². The molecule has 7 heteroatoms. The van der Waals surface area contributed by atoms with Gasteiger partial charge in [-0.05, 0) is 7.05 Å². The van der Waals surface area contributed by atoms with Crippen molar-refractivity contribution in [1.82, 2.24) is 10.2 Å². The van der Waals surface area contributed by atoms with Crippen LogP contribution in [-0.4, -0.2) is 77.0 Å². The Bertz CT molecular complexity index is 150. The molecule has 0 aromatic heterocycles. The molecule has 0 aliphatic rings. The molecule has 0 heterocycles. The van der Waals surface area contributed by atoms with Gasteiger partial charge in [0.2, 0.25) is 0 Å². The molecule has 0 aromatic carbocycles. The molecule has 0 rings (SSSR count). The normalized spacial score (nSPS) is 8.42. The summed E-state index contributed by atoms with van der Waals surface area (Å²) in [4.78, 5) is 20.6. The van der Waals surface area contributed by atoms with E-state index in [-0.39, 0.29) is 36.1 Å². The number of hydrogen-bond acceptors (Lipinski definition) is 3. The van der Waals surface area contributed by atoms with Crippen molar-refractivity contribution in [2.24, 2.45) is 0 Å². The van der Waals surface area contributed by atoms with Crippen molar-refractivity contribution in [3.05, 3.63) is 0 Å². The third kappa shape index (κ3) is 5.36. The number of rotatable bonds is 3. The summed E-state index contributed by atoms with van der Waals surface area (Å²) in [6, 6.07) is 0. The van der Waals surface area contributed by atoms with E-state index < -0.39 is 12.2 Å². The van der Waals surface area contributed by atoms with E-state index in [4.69, 9.17) is 10.2 Å². The second-order valence-corrected chi connectivity index (χ2v) is 1.82. The molecular weight excluding hydrogens is 175 g/mol. The Balaban J connectivity index is 0. The first-order chi connectivity index (χ1) is 5.09. The average molecular weight is 185 g/mol. The summed E-state index contributed by atoms with van der Waals surface area (Å²) in [5.41, 5.74) is 0. The minimum absolute atomic E-state index is 0. The summed E-state index contributed by atoms with van der Waals surface area (Å²) in [6.45, 7) is 0.264. The van der Waals surface area contributed by atoms with Gasteiger partial charge in [-0.25, -0.2) is 14.5 Å². The van der Waals surface area contributed by atoms with Gasteiger partial charge in [0.15, 0.2) is 0 Å². The number of hydrogen-bond donors (Lipinski definition) is 3. The van der Waals surface area contributed by atoms with Gasteiger partial charge in [0.25, 0.3) is 0 Å². The van der Waals surface area contributed by atoms with E-state index >= 15 is 0 Å². The number of nitrogens with zero attached hydrogens (tertiary/aromatic N) is 1. The molecule has 65 valence electrons.